The van der Waals surface area contributed by atoms with E-state index in [0.717, 1.165) is 88.7 Å². The van der Waals surface area contributed by atoms with E-state index in [4.69, 9.17) is 9.47 Å². The Hall–Kier alpha value is -6.68. The minimum atomic E-state index is -1.19. The first kappa shape index (κ1) is 31.8. The molecule has 55 heavy (non-hydrogen) atoms. The lowest BCUT2D eigenvalue weighted by atomic mass is 9.79. The van der Waals surface area contributed by atoms with Crippen molar-refractivity contribution in [1.82, 2.24) is 0 Å². The summed E-state index contributed by atoms with van der Waals surface area (Å²) in [4.78, 5) is 0. The molecular weight excluding hydrogens is 673 g/mol. The summed E-state index contributed by atoms with van der Waals surface area (Å²) in [5, 5.41) is 16.6. The van der Waals surface area contributed by atoms with Crippen molar-refractivity contribution >= 4 is 33.7 Å². The predicted molar refractivity (Wildman–Crippen MR) is 222 cm³/mol. The number of aliphatic hydroxyl groups is 1. The molecule has 0 spiro atoms. The van der Waals surface area contributed by atoms with Gasteiger partial charge >= 0.3 is 0 Å². The molecule has 3 unspecified atom stereocenters. The van der Waals surface area contributed by atoms with Gasteiger partial charge in [0.1, 0.15) is 17.1 Å². The van der Waals surface area contributed by atoms with Crippen LogP contribution in [0, 0.1) is 0 Å². The van der Waals surface area contributed by atoms with Gasteiger partial charge in [0, 0.05) is 49.7 Å². The van der Waals surface area contributed by atoms with E-state index in [0.29, 0.717) is 0 Å². The van der Waals surface area contributed by atoms with Crippen LogP contribution in [0.25, 0.3) is 44.8 Å². The molecule has 3 nitrogen and oxygen atoms in total. The van der Waals surface area contributed by atoms with E-state index in [2.05, 4.69) is 164 Å². The van der Waals surface area contributed by atoms with Crippen LogP contribution < -0.4 is 9.47 Å². The maximum atomic E-state index is 12.3. The zero-order valence-corrected chi connectivity index (χ0v) is 30.2. The smallest absolute Gasteiger partial charge is 0.178 e. The van der Waals surface area contributed by atoms with E-state index >= 15 is 0 Å². The van der Waals surface area contributed by atoms with Gasteiger partial charge in [0.05, 0.1) is 0 Å². The summed E-state index contributed by atoms with van der Waals surface area (Å²) >= 11 is 0. The topological polar surface area (TPSA) is 38.7 Å². The zero-order valence-electron chi connectivity index (χ0n) is 30.2. The van der Waals surface area contributed by atoms with E-state index in [1.54, 1.807) is 0 Å². The molecule has 1 N–H and O–H groups in total. The van der Waals surface area contributed by atoms with Crippen LogP contribution in [0.15, 0.2) is 182 Å². The van der Waals surface area contributed by atoms with E-state index < -0.39 is 16.8 Å². The molecule has 2 aliphatic heterocycles. The van der Waals surface area contributed by atoms with Gasteiger partial charge in [-0.25, -0.2) is 0 Å². The number of fused-ring (bicyclic) bond motifs is 11. The van der Waals surface area contributed by atoms with Crippen molar-refractivity contribution in [2.24, 2.45) is 0 Å². The molecule has 262 valence electrons. The second-order valence-corrected chi connectivity index (χ2v) is 15.0. The van der Waals surface area contributed by atoms with Crippen molar-refractivity contribution in [1.29, 1.82) is 0 Å². The molecule has 0 fully saturated rings. The molecule has 0 bridgehead atoms. The SMILES string of the molecule is CC1(O)c2ccccc2-c2c1c1c(c3ccccc23)OC(c2ccccc2)(c2ccc(C3(c4ccccc4)C=Cc4ccc5ccccc5c4O3)cc2)C=C1. The van der Waals surface area contributed by atoms with E-state index in [-0.39, 0.29) is 0 Å². The first-order valence-corrected chi connectivity index (χ1v) is 18.9. The minimum absolute atomic E-state index is 0.764. The van der Waals surface area contributed by atoms with Crippen LogP contribution >= 0.6 is 0 Å². The molecule has 0 amide bonds. The Bertz CT molecular complexity index is 2890. The highest BCUT2D eigenvalue weighted by Crippen LogP contribution is 2.57. The molecule has 0 radical (unpaired) electrons. The zero-order chi connectivity index (χ0) is 36.8. The van der Waals surface area contributed by atoms with E-state index in [1.165, 1.54) is 0 Å². The third-order valence-corrected chi connectivity index (χ3v) is 12.0. The molecule has 1 aliphatic carbocycles. The van der Waals surface area contributed by atoms with Gasteiger partial charge in [0.25, 0.3) is 0 Å². The quantitative estimate of drug-likeness (QED) is 0.198. The second kappa shape index (κ2) is 11.7. The normalized spacial score (nSPS) is 21.6. The van der Waals surface area contributed by atoms with Gasteiger partial charge in [-0.15, -0.1) is 0 Å². The molecule has 3 atom stereocenters. The Balaban J connectivity index is 1.09. The van der Waals surface area contributed by atoms with Crippen LogP contribution in [0.3, 0.4) is 0 Å². The number of ether oxygens (including phenoxy) is 2. The van der Waals surface area contributed by atoms with Gasteiger partial charge in [-0.05, 0) is 46.5 Å². The first-order chi connectivity index (χ1) is 27.0. The fraction of sp³-hybridized carbons (Fsp3) is 0.0769. The monoisotopic (exact) mass is 708 g/mol. The fourth-order valence-corrected chi connectivity index (χ4v) is 9.34. The number of rotatable bonds is 4. The average molecular weight is 709 g/mol. The molecule has 0 saturated carbocycles. The standard InChI is InChI=1S/C52H36O3/c1-50(53)45-23-13-12-22-43(45)46-41-20-10-11-21-42(41)49-44(47(46)50)31-33-52(55-49,37-17-6-3-7-18-37)39-28-26-38(27-29-39)51(36-15-4-2-5-16-36)32-30-35-25-24-34-14-8-9-19-40(34)48(35)54-51/h2-33,53H,1H3. The minimum Gasteiger partial charge on any atom is -0.472 e. The van der Waals surface area contributed by atoms with Crippen molar-refractivity contribution in [3.05, 3.63) is 227 Å². The fourth-order valence-electron chi connectivity index (χ4n) is 9.34. The van der Waals surface area contributed by atoms with Gasteiger partial charge in [-0.3, -0.25) is 0 Å². The Morgan fingerprint density at radius 1 is 0.455 bits per heavy atom. The van der Waals surface area contributed by atoms with E-state index in [9.17, 15) is 5.11 Å². The van der Waals surface area contributed by atoms with Crippen molar-refractivity contribution in [3.8, 4) is 22.6 Å². The van der Waals surface area contributed by atoms with Crippen LogP contribution in [-0.4, -0.2) is 5.11 Å². The van der Waals surface area contributed by atoms with Crippen LogP contribution in [0.5, 0.6) is 11.5 Å². The third-order valence-electron chi connectivity index (χ3n) is 12.0. The number of hydrogen-bond acceptors (Lipinski definition) is 3. The Labute approximate surface area is 320 Å². The lowest BCUT2D eigenvalue weighted by Gasteiger charge is -2.39. The summed E-state index contributed by atoms with van der Waals surface area (Å²) in [5.41, 5.74) is 6.95. The second-order valence-electron chi connectivity index (χ2n) is 15.0. The molecule has 8 aromatic rings. The van der Waals surface area contributed by atoms with Crippen LogP contribution in [0.2, 0.25) is 0 Å². The van der Waals surface area contributed by atoms with Crippen LogP contribution in [0.1, 0.15) is 51.4 Å². The number of hydrogen-bond donors (Lipinski definition) is 1. The molecule has 0 saturated heterocycles. The highest BCUT2D eigenvalue weighted by molar-refractivity contribution is 6.08. The van der Waals surface area contributed by atoms with Crippen molar-refractivity contribution in [2.45, 2.75) is 23.7 Å². The predicted octanol–water partition coefficient (Wildman–Crippen LogP) is 11.9. The molecule has 3 heteroatoms. The molecule has 8 aromatic carbocycles. The number of benzene rings is 8. The van der Waals surface area contributed by atoms with Gasteiger partial charge in [-0.1, -0.05) is 182 Å². The Morgan fingerprint density at radius 3 is 1.67 bits per heavy atom. The molecule has 2 heterocycles. The maximum Gasteiger partial charge on any atom is 0.178 e. The lowest BCUT2D eigenvalue weighted by molar-refractivity contribution is 0.105. The summed E-state index contributed by atoms with van der Waals surface area (Å²) in [6, 6.07) is 58.9. The van der Waals surface area contributed by atoms with Crippen molar-refractivity contribution < 1.29 is 14.6 Å². The van der Waals surface area contributed by atoms with Gasteiger partial charge < -0.3 is 14.6 Å². The lowest BCUT2D eigenvalue weighted by Crippen LogP contribution is -2.36. The van der Waals surface area contributed by atoms with Gasteiger partial charge in [-0.2, -0.15) is 0 Å². The summed E-state index contributed by atoms with van der Waals surface area (Å²) in [5.74, 6) is 1.64. The Kier molecular flexibility index (Phi) is 6.74. The largest absolute Gasteiger partial charge is 0.472 e. The van der Waals surface area contributed by atoms with Crippen LogP contribution in [0.4, 0.5) is 0 Å². The maximum absolute atomic E-state index is 12.3. The van der Waals surface area contributed by atoms with Crippen LogP contribution in [-0.2, 0) is 16.8 Å². The van der Waals surface area contributed by atoms with Crippen molar-refractivity contribution in [3.63, 3.8) is 0 Å². The summed E-state index contributed by atoms with van der Waals surface area (Å²) in [7, 11) is 0. The van der Waals surface area contributed by atoms with Gasteiger partial charge in [0.2, 0.25) is 0 Å². The summed E-state index contributed by atoms with van der Waals surface area (Å²) < 4.78 is 14.7. The molecular formula is C52H36O3. The average Bonchev–Trinajstić information content (AvgIpc) is 3.50. The molecule has 3 aliphatic rings. The first-order valence-electron chi connectivity index (χ1n) is 18.9. The van der Waals surface area contributed by atoms with Crippen molar-refractivity contribution in [2.75, 3.05) is 0 Å². The molecule has 0 aromatic heterocycles. The summed E-state index contributed by atoms with van der Waals surface area (Å²) in [6.07, 6.45) is 8.72. The Morgan fingerprint density at radius 2 is 0.982 bits per heavy atom. The highest BCUT2D eigenvalue weighted by atomic mass is 16.5. The van der Waals surface area contributed by atoms with E-state index in [1.807, 2.05) is 37.3 Å². The summed E-state index contributed by atoms with van der Waals surface area (Å²) in [6.45, 7) is 1.91. The third kappa shape index (κ3) is 4.48. The molecule has 11 rings (SSSR count). The van der Waals surface area contributed by atoms with Gasteiger partial charge in [0.15, 0.2) is 11.2 Å². The highest BCUT2D eigenvalue weighted by Gasteiger charge is 2.46.